The molecule has 0 bridgehead atoms. The minimum absolute atomic E-state index is 0.105. The fraction of sp³-hybridized carbons (Fsp3) is 0.667. The molecular formula is C12H20O. The highest BCUT2D eigenvalue weighted by Gasteiger charge is 2.12. The second-order valence-electron chi connectivity index (χ2n) is 3.98. The first-order valence-corrected chi connectivity index (χ1v) is 5.25. The minimum atomic E-state index is -0.105. The molecule has 2 atom stereocenters. The van der Waals surface area contributed by atoms with E-state index in [1.165, 1.54) is 5.57 Å². The molecule has 0 radical (unpaired) electrons. The Balaban J connectivity index is 2.28. The Hall–Kier alpha value is -0.560. The fourth-order valence-corrected chi connectivity index (χ4v) is 1.75. The summed E-state index contributed by atoms with van der Waals surface area (Å²) in [6.07, 6.45) is 10.6. The van der Waals surface area contributed by atoms with Crippen LogP contribution in [0.2, 0.25) is 0 Å². The quantitative estimate of drug-likeness (QED) is 0.705. The molecule has 13 heavy (non-hydrogen) atoms. The third kappa shape index (κ3) is 3.77. The van der Waals surface area contributed by atoms with Crippen LogP contribution in [-0.2, 0) is 0 Å². The fourth-order valence-electron chi connectivity index (χ4n) is 1.75. The largest absolute Gasteiger partial charge is 0.393 e. The first kappa shape index (κ1) is 10.5. The van der Waals surface area contributed by atoms with Crippen molar-refractivity contribution in [2.45, 2.75) is 45.6 Å². The molecule has 0 aromatic heterocycles. The van der Waals surface area contributed by atoms with Gasteiger partial charge in [-0.25, -0.2) is 0 Å². The molecule has 0 heterocycles. The maximum Gasteiger partial charge on any atom is 0.0545 e. The van der Waals surface area contributed by atoms with Crippen LogP contribution in [0.1, 0.15) is 39.5 Å². The summed E-state index contributed by atoms with van der Waals surface area (Å²) >= 11 is 0. The minimum Gasteiger partial charge on any atom is -0.393 e. The summed E-state index contributed by atoms with van der Waals surface area (Å²) in [5.74, 6) is 0.560. The van der Waals surface area contributed by atoms with E-state index in [1.807, 2.05) is 0 Å². The number of hydrogen-bond acceptors (Lipinski definition) is 1. The van der Waals surface area contributed by atoms with Crippen LogP contribution < -0.4 is 0 Å². The molecule has 74 valence electrons. The molecule has 0 saturated heterocycles. The SMILES string of the molecule is CCCC(O)CC1C=CC(C)=CC1. The molecule has 1 heteroatoms. The van der Waals surface area contributed by atoms with Crippen LogP contribution in [0.4, 0.5) is 0 Å². The van der Waals surface area contributed by atoms with E-state index < -0.39 is 0 Å². The zero-order valence-corrected chi connectivity index (χ0v) is 8.66. The molecule has 0 aliphatic heterocycles. The van der Waals surface area contributed by atoms with Crippen molar-refractivity contribution in [3.63, 3.8) is 0 Å². The average molecular weight is 180 g/mol. The van der Waals surface area contributed by atoms with Crippen molar-refractivity contribution in [3.05, 3.63) is 23.8 Å². The van der Waals surface area contributed by atoms with Crippen molar-refractivity contribution in [1.29, 1.82) is 0 Å². The van der Waals surface area contributed by atoms with E-state index >= 15 is 0 Å². The summed E-state index contributed by atoms with van der Waals surface area (Å²) in [5, 5.41) is 9.61. The normalized spacial score (nSPS) is 24.2. The molecule has 1 N–H and O–H groups in total. The topological polar surface area (TPSA) is 20.2 Å². The lowest BCUT2D eigenvalue weighted by molar-refractivity contribution is 0.140. The van der Waals surface area contributed by atoms with Crippen molar-refractivity contribution >= 4 is 0 Å². The highest BCUT2D eigenvalue weighted by Crippen LogP contribution is 2.21. The average Bonchev–Trinajstić information content (AvgIpc) is 2.09. The molecular weight excluding hydrogens is 160 g/mol. The second-order valence-corrected chi connectivity index (χ2v) is 3.98. The van der Waals surface area contributed by atoms with E-state index in [1.54, 1.807) is 0 Å². The standard InChI is InChI=1S/C12H20O/c1-3-4-12(13)9-11-7-5-10(2)6-8-11/h5-7,11-13H,3-4,8-9H2,1-2H3. The monoisotopic (exact) mass is 180 g/mol. The second kappa shape index (κ2) is 5.23. The van der Waals surface area contributed by atoms with Gasteiger partial charge in [-0.15, -0.1) is 0 Å². The van der Waals surface area contributed by atoms with E-state index in [0.29, 0.717) is 5.92 Å². The predicted molar refractivity (Wildman–Crippen MR) is 56.5 cm³/mol. The van der Waals surface area contributed by atoms with Crippen molar-refractivity contribution in [2.75, 3.05) is 0 Å². The van der Waals surface area contributed by atoms with Gasteiger partial charge >= 0.3 is 0 Å². The highest BCUT2D eigenvalue weighted by atomic mass is 16.3. The van der Waals surface area contributed by atoms with Gasteiger partial charge in [-0.3, -0.25) is 0 Å². The van der Waals surface area contributed by atoms with Crippen molar-refractivity contribution in [3.8, 4) is 0 Å². The lowest BCUT2D eigenvalue weighted by atomic mass is 9.91. The van der Waals surface area contributed by atoms with Gasteiger partial charge in [-0.2, -0.15) is 0 Å². The lowest BCUT2D eigenvalue weighted by Crippen LogP contribution is -2.12. The Morgan fingerprint density at radius 1 is 1.62 bits per heavy atom. The number of aliphatic hydroxyl groups is 1. The van der Waals surface area contributed by atoms with E-state index in [9.17, 15) is 5.11 Å². The summed E-state index contributed by atoms with van der Waals surface area (Å²) in [7, 11) is 0. The van der Waals surface area contributed by atoms with Gasteiger partial charge in [0.1, 0.15) is 0 Å². The number of rotatable bonds is 4. The van der Waals surface area contributed by atoms with Crippen molar-refractivity contribution < 1.29 is 5.11 Å². The smallest absolute Gasteiger partial charge is 0.0545 e. The van der Waals surface area contributed by atoms with Crippen LogP contribution in [0.15, 0.2) is 23.8 Å². The van der Waals surface area contributed by atoms with Gasteiger partial charge in [0.2, 0.25) is 0 Å². The van der Waals surface area contributed by atoms with Crippen LogP contribution in [0.3, 0.4) is 0 Å². The third-order valence-corrected chi connectivity index (χ3v) is 2.57. The first-order chi connectivity index (χ1) is 6.22. The van der Waals surface area contributed by atoms with Crippen LogP contribution in [0, 0.1) is 5.92 Å². The number of allylic oxidation sites excluding steroid dienone is 4. The van der Waals surface area contributed by atoms with Gasteiger partial charge in [0.05, 0.1) is 6.10 Å². The highest BCUT2D eigenvalue weighted by molar-refractivity contribution is 5.21. The van der Waals surface area contributed by atoms with E-state index in [2.05, 4.69) is 32.1 Å². The first-order valence-electron chi connectivity index (χ1n) is 5.25. The van der Waals surface area contributed by atoms with E-state index in [-0.39, 0.29) is 6.10 Å². The third-order valence-electron chi connectivity index (χ3n) is 2.57. The summed E-state index contributed by atoms with van der Waals surface area (Å²) in [6.45, 7) is 4.24. The molecule has 0 amide bonds. The van der Waals surface area contributed by atoms with Crippen molar-refractivity contribution in [2.24, 2.45) is 5.92 Å². The molecule has 0 aromatic carbocycles. The zero-order chi connectivity index (χ0) is 9.68. The van der Waals surface area contributed by atoms with E-state index in [0.717, 1.165) is 25.7 Å². The van der Waals surface area contributed by atoms with Gasteiger partial charge in [0, 0.05) is 0 Å². The van der Waals surface area contributed by atoms with Gasteiger partial charge < -0.3 is 5.11 Å². The van der Waals surface area contributed by atoms with Gasteiger partial charge in [-0.05, 0) is 32.1 Å². The molecule has 0 spiro atoms. The summed E-state index contributed by atoms with van der Waals surface area (Å²) < 4.78 is 0. The molecule has 1 aliphatic carbocycles. The van der Waals surface area contributed by atoms with Crippen molar-refractivity contribution in [1.82, 2.24) is 0 Å². The maximum atomic E-state index is 9.61. The Bertz CT molecular complexity index is 203. The van der Waals surface area contributed by atoms with Gasteiger partial charge in [0.25, 0.3) is 0 Å². The van der Waals surface area contributed by atoms with Crippen LogP contribution in [-0.4, -0.2) is 11.2 Å². The van der Waals surface area contributed by atoms with Crippen LogP contribution >= 0.6 is 0 Å². The summed E-state index contributed by atoms with van der Waals surface area (Å²) in [5.41, 5.74) is 1.35. The summed E-state index contributed by atoms with van der Waals surface area (Å²) in [4.78, 5) is 0. The van der Waals surface area contributed by atoms with Gasteiger partial charge in [0.15, 0.2) is 0 Å². The molecule has 1 aliphatic rings. The van der Waals surface area contributed by atoms with Gasteiger partial charge in [-0.1, -0.05) is 37.1 Å². The molecule has 0 saturated carbocycles. The predicted octanol–water partition coefficient (Wildman–Crippen LogP) is 3.06. The maximum absolute atomic E-state index is 9.61. The van der Waals surface area contributed by atoms with Crippen LogP contribution in [0.5, 0.6) is 0 Å². The van der Waals surface area contributed by atoms with Crippen LogP contribution in [0.25, 0.3) is 0 Å². The molecule has 2 unspecified atom stereocenters. The Morgan fingerprint density at radius 2 is 2.38 bits per heavy atom. The zero-order valence-electron chi connectivity index (χ0n) is 8.66. The molecule has 1 rings (SSSR count). The molecule has 0 fully saturated rings. The number of hydrogen-bond donors (Lipinski definition) is 1. The Morgan fingerprint density at radius 3 is 2.92 bits per heavy atom. The molecule has 0 aromatic rings. The Labute approximate surface area is 81.2 Å². The lowest BCUT2D eigenvalue weighted by Gasteiger charge is -2.18. The van der Waals surface area contributed by atoms with E-state index in [4.69, 9.17) is 0 Å². The Kier molecular flexibility index (Phi) is 4.23. The molecule has 1 nitrogen and oxygen atoms in total. The summed E-state index contributed by atoms with van der Waals surface area (Å²) in [6, 6.07) is 0. The number of aliphatic hydroxyl groups excluding tert-OH is 1.